The molecule has 0 saturated carbocycles. The van der Waals surface area contributed by atoms with E-state index in [1.165, 1.54) is 59.5 Å². The monoisotopic (exact) mass is 669 g/mol. The number of hydrogen-bond acceptors (Lipinski definition) is 4. The van der Waals surface area contributed by atoms with Gasteiger partial charge in [-0.3, -0.25) is 13.9 Å². The SMILES string of the molecule is Cc1ccc(S(=O)(=O)N(CC(=O)N(Cc2ccc(F)cc2)C(Cc2ccccc2)C(=O)NC(C)C)c2cc(Cl)cc(Cl)c2)cc1. The fourth-order valence-electron chi connectivity index (χ4n) is 4.77. The standard InChI is InChI=1S/C34H34Cl2FN3O4S/c1-23(2)38-34(42)32(17-25-7-5-4-6-8-25)39(21-26-11-13-29(37)14-12-26)33(41)22-40(30-19-27(35)18-28(36)20-30)45(43,44)31-15-9-24(3)10-16-31/h4-16,18-20,23,32H,17,21-22H2,1-3H3,(H,38,42). The first kappa shape index (κ1) is 34.0. The van der Waals surface area contributed by atoms with E-state index < -0.39 is 40.2 Å². The van der Waals surface area contributed by atoms with Gasteiger partial charge < -0.3 is 10.2 Å². The van der Waals surface area contributed by atoms with Crippen LogP contribution >= 0.6 is 23.2 Å². The summed E-state index contributed by atoms with van der Waals surface area (Å²) in [6, 6.07) is 24.0. The third-order valence-electron chi connectivity index (χ3n) is 6.99. The van der Waals surface area contributed by atoms with Gasteiger partial charge in [0.15, 0.2) is 0 Å². The van der Waals surface area contributed by atoms with Crippen molar-refractivity contribution in [2.24, 2.45) is 0 Å². The molecule has 45 heavy (non-hydrogen) atoms. The molecular weight excluding hydrogens is 636 g/mol. The van der Waals surface area contributed by atoms with E-state index >= 15 is 0 Å². The van der Waals surface area contributed by atoms with Gasteiger partial charge >= 0.3 is 0 Å². The second kappa shape index (κ2) is 14.9. The minimum atomic E-state index is -4.32. The first-order valence-corrected chi connectivity index (χ1v) is 16.5. The number of anilines is 1. The van der Waals surface area contributed by atoms with E-state index in [0.29, 0.717) is 5.56 Å². The van der Waals surface area contributed by atoms with E-state index in [9.17, 15) is 22.4 Å². The number of carbonyl (C=O) groups excluding carboxylic acids is 2. The van der Waals surface area contributed by atoms with Crippen LogP contribution in [0.2, 0.25) is 10.0 Å². The number of nitrogens with one attached hydrogen (secondary N) is 1. The lowest BCUT2D eigenvalue weighted by atomic mass is 10.0. The molecule has 11 heteroatoms. The quantitative estimate of drug-likeness (QED) is 0.180. The number of hydrogen-bond donors (Lipinski definition) is 1. The predicted octanol–water partition coefficient (Wildman–Crippen LogP) is 6.80. The van der Waals surface area contributed by atoms with Crippen molar-refractivity contribution < 1.29 is 22.4 Å². The summed E-state index contributed by atoms with van der Waals surface area (Å²) in [5.41, 5.74) is 2.28. The number of amides is 2. The van der Waals surface area contributed by atoms with E-state index in [-0.39, 0.29) is 39.6 Å². The maximum atomic E-state index is 14.4. The van der Waals surface area contributed by atoms with Gasteiger partial charge in [0, 0.05) is 29.1 Å². The van der Waals surface area contributed by atoms with Crippen LogP contribution in [-0.2, 0) is 32.6 Å². The van der Waals surface area contributed by atoms with Gasteiger partial charge in [-0.05, 0) is 74.4 Å². The van der Waals surface area contributed by atoms with Crippen LogP contribution in [0.1, 0.15) is 30.5 Å². The molecule has 7 nitrogen and oxygen atoms in total. The Bertz CT molecular complexity index is 1720. The highest BCUT2D eigenvalue weighted by Gasteiger charge is 2.35. The van der Waals surface area contributed by atoms with E-state index in [1.54, 1.807) is 12.1 Å². The Balaban J connectivity index is 1.82. The van der Waals surface area contributed by atoms with Crippen LogP contribution in [0.3, 0.4) is 0 Å². The summed E-state index contributed by atoms with van der Waals surface area (Å²) < 4.78 is 43.0. The molecule has 0 radical (unpaired) electrons. The molecular formula is C34H34Cl2FN3O4S. The van der Waals surface area contributed by atoms with Gasteiger partial charge in [-0.1, -0.05) is 83.4 Å². The molecule has 0 aliphatic rings. The zero-order chi connectivity index (χ0) is 32.7. The van der Waals surface area contributed by atoms with Crippen LogP contribution < -0.4 is 9.62 Å². The Labute approximate surface area is 273 Å². The fourth-order valence-corrected chi connectivity index (χ4v) is 6.68. The molecule has 236 valence electrons. The molecule has 0 spiro atoms. The average Bonchev–Trinajstić information content (AvgIpc) is 2.98. The number of aryl methyl sites for hydroxylation is 1. The maximum Gasteiger partial charge on any atom is 0.264 e. The molecule has 4 aromatic carbocycles. The van der Waals surface area contributed by atoms with Crippen LogP contribution in [0.4, 0.5) is 10.1 Å². The molecule has 2 amide bonds. The van der Waals surface area contributed by atoms with Crippen LogP contribution in [0, 0.1) is 12.7 Å². The average molecular weight is 671 g/mol. The van der Waals surface area contributed by atoms with Gasteiger partial charge in [0.25, 0.3) is 10.0 Å². The highest BCUT2D eigenvalue weighted by Crippen LogP contribution is 2.30. The van der Waals surface area contributed by atoms with Crippen LogP contribution in [0.15, 0.2) is 102 Å². The van der Waals surface area contributed by atoms with Gasteiger partial charge in [0.1, 0.15) is 18.4 Å². The molecule has 1 N–H and O–H groups in total. The molecule has 0 aliphatic carbocycles. The third-order valence-corrected chi connectivity index (χ3v) is 9.22. The lowest BCUT2D eigenvalue weighted by Gasteiger charge is -2.34. The first-order chi connectivity index (χ1) is 21.3. The van der Waals surface area contributed by atoms with Crippen molar-refractivity contribution in [3.05, 3.63) is 130 Å². The summed E-state index contributed by atoms with van der Waals surface area (Å²) in [5.74, 6) is -1.53. The molecule has 0 aliphatic heterocycles. The fraction of sp³-hybridized carbons (Fsp3) is 0.235. The van der Waals surface area contributed by atoms with E-state index in [2.05, 4.69) is 5.32 Å². The smallest absolute Gasteiger partial charge is 0.264 e. The predicted molar refractivity (Wildman–Crippen MR) is 176 cm³/mol. The van der Waals surface area contributed by atoms with E-state index in [0.717, 1.165) is 15.4 Å². The number of rotatable bonds is 12. The van der Waals surface area contributed by atoms with Gasteiger partial charge in [0.05, 0.1) is 10.6 Å². The zero-order valence-electron chi connectivity index (χ0n) is 25.1. The second-order valence-corrected chi connectivity index (χ2v) is 13.7. The van der Waals surface area contributed by atoms with E-state index in [4.69, 9.17) is 23.2 Å². The highest BCUT2D eigenvalue weighted by atomic mass is 35.5. The summed E-state index contributed by atoms with van der Waals surface area (Å²) in [4.78, 5) is 29.4. The van der Waals surface area contributed by atoms with E-state index in [1.807, 2.05) is 51.1 Å². The Kier molecular flexibility index (Phi) is 11.3. The number of halogens is 3. The minimum absolute atomic E-state index is 0.0412. The highest BCUT2D eigenvalue weighted by molar-refractivity contribution is 7.92. The van der Waals surface area contributed by atoms with Gasteiger partial charge in [-0.25, -0.2) is 12.8 Å². The van der Waals surface area contributed by atoms with Crippen LogP contribution in [0.25, 0.3) is 0 Å². The van der Waals surface area contributed by atoms with Gasteiger partial charge in [-0.15, -0.1) is 0 Å². The lowest BCUT2D eigenvalue weighted by molar-refractivity contribution is -0.140. The van der Waals surface area contributed by atoms with Crippen molar-refractivity contribution in [1.29, 1.82) is 0 Å². The molecule has 4 aromatic rings. The van der Waals surface area contributed by atoms with Gasteiger partial charge in [0.2, 0.25) is 11.8 Å². The molecule has 0 aromatic heterocycles. The largest absolute Gasteiger partial charge is 0.352 e. The number of sulfonamides is 1. The second-order valence-electron chi connectivity index (χ2n) is 11.0. The minimum Gasteiger partial charge on any atom is -0.352 e. The normalized spacial score (nSPS) is 12.1. The summed E-state index contributed by atoms with van der Waals surface area (Å²) >= 11 is 12.6. The summed E-state index contributed by atoms with van der Waals surface area (Å²) in [7, 11) is -4.32. The molecule has 4 rings (SSSR count). The van der Waals surface area contributed by atoms with Crippen molar-refractivity contribution in [1.82, 2.24) is 10.2 Å². The molecule has 1 unspecified atom stereocenters. The molecule has 0 saturated heterocycles. The van der Waals surface area contributed by atoms with Crippen molar-refractivity contribution >= 4 is 50.7 Å². The number of carbonyl (C=O) groups is 2. The Hall–Kier alpha value is -3.92. The van der Waals surface area contributed by atoms with Crippen molar-refractivity contribution in [3.8, 4) is 0 Å². The Morgan fingerprint density at radius 2 is 1.44 bits per heavy atom. The third kappa shape index (κ3) is 9.06. The van der Waals surface area contributed by atoms with Crippen LogP contribution in [-0.4, -0.2) is 43.8 Å². The Morgan fingerprint density at radius 1 is 0.844 bits per heavy atom. The van der Waals surface area contributed by atoms with Crippen molar-refractivity contribution in [2.45, 2.75) is 50.7 Å². The summed E-state index contributed by atoms with van der Waals surface area (Å²) in [6.45, 7) is 4.69. The van der Waals surface area contributed by atoms with Crippen molar-refractivity contribution in [2.75, 3.05) is 10.8 Å². The first-order valence-electron chi connectivity index (χ1n) is 14.3. The molecule has 0 fully saturated rings. The van der Waals surface area contributed by atoms with Crippen LogP contribution in [0.5, 0.6) is 0 Å². The van der Waals surface area contributed by atoms with Crippen molar-refractivity contribution in [3.63, 3.8) is 0 Å². The topological polar surface area (TPSA) is 86.8 Å². The summed E-state index contributed by atoms with van der Waals surface area (Å²) in [5, 5.41) is 3.25. The number of nitrogens with zero attached hydrogens (tertiary/aromatic N) is 2. The number of benzene rings is 4. The summed E-state index contributed by atoms with van der Waals surface area (Å²) in [6.07, 6.45) is 0.153. The molecule has 0 heterocycles. The zero-order valence-corrected chi connectivity index (χ0v) is 27.4. The maximum absolute atomic E-state index is 14.4. The molecule has 0 bridgehead atoms. The molecule has 1 atom stereocenters. The lowest BCUT2D eigenvalue weighted by Crippen LogP contribution is -2.54. The van der Waals surface area contributed by atoms with Gasteiger partial charge in [-0.2, -0.15) is 0 Å². The Morgan fingerprint density at radius 3 is 2.02 bits per heavy atom.